The number of hydrogen-bond acceptors (Lipinski definition) is 4. The van der Waals surface area contributed by atoms with E-state index in [-0.39, 0.29) is 5.91 Å². The molecule has 0 spiro atoms. The third-order valence-electron chi connectivity index (χ3n) is 4.48. The summed E-state index contributed by atoms with van der Waals surface area (Å²) < 4.78 is 1.68. The Morgan fingerprint density at radius 3 is 2.63 bits per heavy atom. The number of carbonyl (C=O) groups is 1. The highest BCUT2D eigenvalue weighted by Crippen LogP contribution is 2.21. The summed E-state index contributed by atoms with van der Waals surface area (Å²) in [4.78, 5) is 17.2. The van der Waals surface area contributed by atoms with Crippen LogP contribution in [0.25, 0.3) is 11.0 Å². The van der Waals surface area contributed by atoms with Crippen LogP contribution in [0.1, 0.15) is 32.9 Å². The van der Waals surface area contributed by atoms with Gasteiger partial charge in [-0.1, -0.05) is 12.1 Å². The van der Waals surface area contributed by atoms with E-state index in [0.29, 0.717) is 16.3 Å². The van der Waals surface area contributed by atoms with E-state index in [4.69, 9.17) is 12.2 Å². The monoisotopic (exact) mass is 382 g/mol. The standard InChI is InChI=1S/C19H22N6OS/c1-10-7-6-8-15(12(10)3)21-19(27)23-22-18(26)14-9-11(2)20-17-16(14)13(4)24-25(17)5/h6-9H,1-5H3,(H,22,26)(H2,21,23,27). The first kappa shape index (κ1) is 18.8. The number of hydrazine groups is 1. The second-order valence-corrected chi connectivity index (χ2v) is 6.91. The smallest absolute Gasteiger partial charge is 0.270 e. The zero-order valence-electron chi connectivity index (χ0n) is 16.0. The van der Waals surface area contributed by atoms with Gasteiger partial charge in [0.05, 0.1) is 16.6 Å². The van der Waals surface area contributed by atoms with Crippen LogP contribution < -0.4 is 16.2 Å². The summed E-state index contributed by atoms with van der Waals surface area (Å²) in [7, 11) is 1.81. The Kier molecular flexibility index (Phi) is 5.09. The molecule has 0 bridgehead atoms. The molecule has 0 aliphatic heterocycles. The number of nitrogens with one attached hydrogen (secondary N) is 3. The molecule has 7 nitrogen and oxygen atoms in total. The fourth-order valence-corrected chi connectivity index (χ4v) is 3.13. The second-order valence-electron chi connectivity index (χ2n) is 6.50. The summed E-state index contributed by atoms with van der Waals surface area (Å²) >= 11 is 5.29. The van der Waals surface area contributed by atoms with Crippen LogP contribution in [0.2, 0.25) is 0 Å². The van der Waals surface area contributed by atoms with Crippen molar-refractivity contribution in [2.45, 2.75) is 27.7 Å². The van der Waals surface area contributed by atoms with Gasteiger partial charge in [0.2, 0.25) is 0 Å². The normalized spacial score (nSPS) is 10.7. The van der Waals surface area contributed by atoms with Gasteiger partial charge in [0.25, 0.3) is 5.91 Å². The van der Waals surface area contributed by atoms with E-state index in [1.807, 2.05) is 52.9 Å². The van der Waals surface area contributed by atoms with Crippen LogP contribution in [0.4, 0.5) is 5.69 Å². The molecule has 0 unspecified atom stereocenters. The maximum atomic E-state index is 12.7. The molecule has 2 heterocycles. The minimum Gasteiger partial charge on any atom is -0.331 e. The highest BCUT2D eigenvalue weighted by Gasteiger charge is 2.17. The zero-order valence-corrected chi connectivity index (χ0v) is 16.8. The maximum absolute atomic E-state index is 12.7. The molecule has 0 saturated heterocycles. The lowest BCUT2D eigenvalue weighted by Gasteiger charge is -2.14. The molecule has 3 N–H and O–H groups in total. The molecule has 0 saturated carbocycles. The van der Waals surface area contributed by atoms with Crippen LogP contribution in [0.5, 0.6) is 0 Å². The highest BCUT2D eigenvalue weighted by atomic mass is 32.1. The number of aromatic nitrogens is 3. The minimum atomic E-state index is -0.299. The Morgan fingerprint density at radius 1 is 1.15 bits per heavy atom. The van der Waals surface area contributed by atoms with Crippen LogP contribution in [-0.4, -0.2) is 25.8 Å². The molecule has 0 aliphatic rings. The van der Waals surface area contributed by atoms with Gasteiger partial charge in [-0.3, -0.25) is 20.3 Å². The number of pyridine rings is 1. The lowest BCUT2D eigenvalue weighted by Crippen LogP contribution is -2.44. The van der Waals surface area contributed by atoms with Crippen LogP contribution in [0.3, 0.4) is 0 Å². The largest absolute Gasteiger partial charge is 0.331 e. The van der Waals surface area contributed by atoms with Crippen molar-refractivity contribution in [3.8, 4) is 0 Å². The molecule has 2 aromatic heterocycles. The van der Waals surface area contributed by atoms with Gasteiger partial charge in [-0.25, -0.2) is 4.98 Å². The van der Waals surface area contributed by atoms with Crippen LogP contribution >= 0.6 is 12.2 Å². The Morgan fingerprint density at radius 2 is 1.89 bits per heavy atom. The topological polar surface area (TPSA) is 83.9 Å². The number of amides is 1. The van der Waals surface area contributed by atoms with E-state index >= 15 is 0 Å². The lowest BCUT2D eigenvalue weighted by atomic mass is 10.1. The molecule has 1 aromatic carbocycles. The van der Waals surface area contributed by atoms with Crippen molar-refractivity contribution in [2.75, 3.05) is 5.32 Å². The van der Waals surface area contributed by atoms with E-state index in [9.17, 15) is 4.79 Å². The van der Waals surface area contributed by atoms with Crippen molar-refractivity contribution >= 4 is 40.0 Å². The summed E-state index contributed by atoms with van der Waals surface area (Å²) in [5, 5.41) is 8.50. The van der Waals surface area contributed by atoms with E-state index in [1.165, 1.54) is 0 Å². The van der Waals surface area contributed by atoms with Crippen LogP contribution in [0.15, 0.2) is 24.3 Å². The number of nitrogens with zero attached hydrogens (tertiary/aromatic N) is 3. The van der Waals surface area contributed by atoms with Gasteiger partial charge in [-0.2, -0.15) is 5.10 Å². The van der Waals surface area contributed by atoms with E-state index in [1.54, 1.807) is 10.7 Å². The fraction of sp³-hybridized carbons (Fsp3) is 0.263. The second kappa shape index (κ2) is 7.32. The van der Waals surface area contributed by atoms with Crippen LogP contribution in [0, 0.1) is 27.7 Å². The van der Waals surface area contributed by atoms with Crippen LogP contribution in [-0.2, 0) is 7.05 Å². The Bertz CT molecular complexity index is 1060. The lowest BCUT2D eigenvalue weighted by molar-refractivity contribution is 0.0945. The molecule has 140 valence electrons. The first-order valence-electron chi connectivity index (χ1n) is 8.52. The highest BCUT2D eigenvalue weighted by molar-refractivity contribution is 7.80. The average Bonchev–Trinajstić information content (AvgIpc) is 2.90. The SMILES string of the molecule is Cc1cc(C(=O)NNC(=S)Nc2cccc(C)c2C)c2c(C)nn(C)c2n1. The number of aryl methyl sites for hydroxylation is 4. The van der Waals surface area contributed by atoms with E-state index in [2.05, 4.69) is 26.3 Å². The molecule has 8 heteroatoms. The van der Waals surface area contributed by atoms with Gasteiger partial charge in [-0.05, 0) is 63.2 Å². The quantitative estimate of drug-likeness (QED) is 0.467. The van der Waals surface area contributed by atoms with Gasteiger partial charge in [0, 0.05) is 18.4 Å². The number of benzene rings is 1. The number of carbonyl (C=O) groups excluding carboxylic acids is 1. The predicted octanol–water partition coefficient (Wildman–Crippen LogP) is 2.83. The molecule has 0 fully saturated rings. The fourth-order valence-electron chi connectivity index (χ4n) is 2.97. The van der Waals surface area contributed by atoms with Gasteiger partial charge in [0.15, 0.2) is 10.8 Å². The van der Waals surface area contributed by atoms with Crippen molar-refractivity contribution in [1.29, 1.82) is 0 Å². The number of rotatable bonds is 2. The number of fused-ring (bicyclic) bond motifs is 1. The molecule has 3 aromatic rings. The number of anilines is 1. The summed E-state index contributed by atoms with van der Waals surface area (Å²) in [6, 6.07) is 7.67. The van der Waals surface area contributed by atoms with Crippen molar-refractivity contribution in [3.63, 3.8) is 0 Å². The van der Waals surface area contributed by atoms with E-state index < -0.39 is 0 Å². The van der Waals surface area contributed by atoms with Crippen molar-refractivity contribution in [1.82, 2.24) is 25.6 Å². The first-order valence-corrected chi connectivity index (χ1v) is 8.93. The van der Waals surface area contributed by atoms with Gasteiger partial charge >= 0.3 is 0 Å². The number of thiocarbonyl (C=S) groups is 1. The summed E-state index contributed by atoms with van der Waals surface area (Å²) in [5.41, 5.74) is 11.2. The molecule has 0 atom stereocenters. The Balaban J connectivity index is 1.75. The maximum Gasteiger partial charge on any atom is 0.270 e. The van der Waals surface area contributed by atoms with Gasteiger partial charge in [-0.15, -0.1) is 0 Å². The first-order chi connectivity index (χ1) is 12.8. The average molecular weight is 382 g/mol. The van der Waals surface area contributed by atoms with Crippen molar-refractivity contribution < 1.29 is 4.79 Å². The predicted molar refractivity (Wildman–Crippen MR) is 111 cm³/mol. The molecular formula is C19H22N6OS. The summed E-state index contributed by atoms with van der Waals surface area (Å²) in [6.45, 7) is 7.75. The summed E-state index contributed by atoms with van der Waals surface area (Å²) in [5.74, 6) is -0.299. The van der Waals surface area contributed by atoms with E-state index in [0.717, 1.165) is 33.6 Å². The molecule has 0 aliphatic carbocycles. The van der Waals surface area contributed by atoms with Crippen molar-refractivity contribution in [3.05, 3.63) is 52.3 Å². The number of hydrogen-bond donors (Lipinski definition) is 3. The summed E-state index contributed by atoms with van der Waals surface area (Å²) in [6.07, 6.45) is 0. The minimum absolute atomic E-state index is 0.299. The van der Waals surface area contributed by atoms with Gasteiger partial charge in [0.1, 0.15) is 0 Å². The molecular weight excluding hydrogens is 360 g/mol. The molecule has 0 radical (unpaired) electrons. The third kappa shape index (κ3) is 3.75. The molecule has 1 amide bonds. The molecule has 27 heavy (non-hydrogen) atoms. The Labute approximate surface area is 163 Å². The van der Waals surface area contributed by atoms with Crippen molar-refractivity contribution in [2.24, 2.45) is 7.05 Å². The Hall–Kier alpha value is -3.00. The van der Waals surface area contributed by atoms with Gasteiger partial charge < -0.3 is 5.32 Å². The zero-order chi connectivity index (χ0) is 19.7. The molecule has 3 rings (SSSR count). The third-order valence-corrected chi connectivity index (χ3v) is 4.69.